The fourth-order valence-corrected chi connectivity index (χ4v) is 3.95. The topological polar surface area (TPSA) is 46.6 Å². The Morgan fingerprint density at radius 1 is 1.00 bits per heavy atom. The van der Waals surface area contributed by atoms with Crippen LogP contribution in [0.5, 0.6) is 0 Å². The lowest BCUT2D eigenvalue weighted by atomic mass is 9.96. The molecule has 0 radical (unpaired) electrons. The summed E-state index contributed by atoms with van der Waals surface area (Å²) in [4.78, 5) is 26.1. The Hall–Kier alpha value is -2.12. The number of halogens is 4. The molecule has 1 fully saturated rings. The first-order valence-electron chi connectivity index (χ1n) is 11.6. The fraction of sp³-hybridized carbons (Fsp3) is 0.667. The number of piperidine rings is 1. The summed E-state index contributed by atoms with van der Waals surface area (Å²) in [5.74, 6) is -2.52. The molecule has 4 nitrogen and oxygen atoms in total. The number of carbonyl (C=O) groups excluding carboxylic acids is 2. The van der Waals surface area contributed by atoms with Gasteiger partial charge < -0.3 is 9.64 Å². The van der Waals surface area contributed by atoms with E-state index in [-0.39, 0.29) is 25.0 Å². The third-order valence-corrected chi connectivity index (χ3v) is 5.88. The van der Waals surface area contributed by atoms with Gasteiger partial charge in [0.1, 0.15) is 5.82 Å². The average Bonchev–Trinajstić information content (AvgIpc) is 2.77. The van der Waals surface area contributed by atoms with Crippen LogP contribution in [-0.4, -0.2) is 36.5 Å². The van der Waals surface area contributed by atoms with Crippen LogP contribution in [0.4, 0.5) is 17.6 Å². The molecule has 1 aromatic rings. The molecule has 0 atom stereocenters. The number of likely N-dealkylation sites (tertiary alicyclic amines) is 1. The normalized spacial score (nSPS) is 15.1. The Morgan fingerprint density at radius 2 is 1.59 bits per heavy atom. The molecule has 1 aromatic carbocycles. The number of ether oxygens (including phenoxy) is 1. The predicted molar refractivity (Wildman–Crippen MR) is 114 cm³/mol. The summed E-state index contributed by atoms with van der Waals surface area (Å²) < 4.78 is 58.2. The maximum absolute atomic E-state index is 13.3. The van der Waals surface area contributed by atoms with E-state index in [0.29, 0.717) is 25.5 Å². The number of hydrogen-bond donors (Lipinski definition) is 0. The average molecular weight is 460 g/mol. The van der Waals surface area contributed by atoms with E-state index in [1.807, 2.05) is 0 Å². The summed E-state index contributed by atoms with van der Waals surface area (Å²) in [5, 5.41) is 0. The van der Waals surface area contributed by atoms with Crippen molar-refractivity contribution in [2.45, 2.75) is 77.3 Å². The molecule has 1 amide bonds. The molecule has 0 bridgehead atoms. The highest BCUT2D eigenvalue weighted by Crippen LogP contribution is 2.33. The second kappa shape index (κ2) is 12.8. The standard InChI is InChI=1S/C24H33F4NO3/c1-2-3-4-5-6-7-8-9-16-32-23(31)18-12-14-29(15-13-18)22(30)20-11-10-19(25)17-21(20)24(26,27)28/h10-11,17-18H,2-9,12-16H2,1H3. The molecule has 1 aliphatic rings. The molecule has 8 heteroatoms. The Balaban J connectivity index is 1.73. The van der Waals surface area contributed by atoms with Crippen molar-refractivity contribution >= 4 is 11.9 Å². The minimum atomic E-state index is -4.83. The van der Waals surface area contributed by atoms with Gasteiger partial charge in [-0.05, 0) is 37.5 Å². The van der Waals surface area contributed by atoms with Crippen LogP contribution in [0.3, 0.4) is 0 Å². The second-order valence-electron chi connectivity index (χ2n) is 8.40. The maximum Gasteiger partial charge on any atom is 0.417 e. The van der Waals surface area contributed by atoms with Crippen LogP contribution < -0.4 is 0 Å². The van der Waals surface area contributed by atoms with Gasteiger partial charge in [0.15, 0.2) is 0 Å². The summed E-state index contributed by atoms with van der Waals surface area (Å²) in [5.41, 5.74) is -1.86. The zero-order chi connectivity index (χ0) is 23.6. The zero-order valence-electron chi connectivity index (χ0n) is 18.7. The highest BCUT2D eigenvalue weighted by molar-refractivity contribution is 5.96. The van der Waals surface area contributed by atoms with Gasteiger partial charge >= 0.3 is 12.1 Å². The van der Waals surface area contributed by atoms with Gasteiger partial charge in [-0.1, -0.05) is 51.9 Å². The summed E-state index contributed by atoms with van der Waals surface area (Å²) in [7, 11) is 0. The van der Waals surface area contributed by atoms with Crippen LogP contribution >= 0.6 is 0 Å². The van der Waals surface area contributed by atoms with Crippen LogP contribution in [0, 0.1) is 11.7 Å². The Bertz CT molecular complexity index is 743. The van der Waals surface area contributed by atoms with Crippen LogP contribution in [0.25, 0.3) is 0 Å². The molecule has 180 valence electrons. The molecular weight excluding hydrogens is 426 g/mol. The number of benzene rings is 1. The van der Waals surface area contributed by atoms with Crippen molar-refractivity contribution in [2.75, 3.05) is 19.7 Å². The van der Waals surface area contributed by atoms with Crippen LogP contribution in [0.15, 0.2) is 18.2 Å². The van der Waals surface area contributed by atoms with Crippen LogP contribution in [0.1, 0.15) is 87.1 Å². The number of amides is 1. The molecule has 2 rings (SSSR count). The highest BCUT2D eigenvalue weighted by atomic mass is 19.4. The number of unbranched alkanes of at least 4 members (excludes halogenated alkanes) is 7. The summed E-state index contributed by atoms with van der Waals surface area (Å²) in [6.45, 7) is 2.87. The van der Waals surface area contributed by atoms with E-state index in [1.165, 1.54) is 37.0 Å². The van der Waals surface area contributed by atoms with Crippen molar-refractivity contribution in [1.82, 2.24) is 4.90 Å². The second-order valence-corrected chi connectivity index (χ2v) is 8.40. The van der Waals surface area contributed by atoms with Gasteiger partial charge in [0, 0.05) is 13.1 Å². The first-order valence-corrected chi connectivity index (χ1v) is 11.6. The molecule has 0 aliphatic carbocycles. The fourth-order valence-electron chi connectivity index (χ4n) is 3.95. The minimum absolute atomic E-state index is 0.158. The third-order valence-electron chi connectivity index (χ3n) is 5.88. The largest absolute Gasteiger partial charge is 0.465 e. The highest BCUT2D eigenvalue weighted by Gasteiger charge is 2.37. The van der Waals surface area contributed by atoms with Crippen molar-refractivity contribution in [3.63, 3.8) is 0 Å². The molecule has 32 heavy (non-hydrogen) atoms. The smallest absolute Gasteiger partial charge is 0.417 e. The lowest BCUT2D eigenvalue weighted by Crippen LogP contribution is -2.41. The molecule has 0 spiro atoms. The van der Waals surface area contributed by atoms with E-state index < -0.39 is 29.0 Å². The van der Waals surface area contributed by atoms with E-state index >= 15 is 0 Å². The van der Waals surface area contributed by atoms with Gasteiger partial charge in [0.2, 0.25) is 0 Å². The number of alkyl halides is 3. The van der Waals surface area contributed by atoms with Gasteiger partial charge in [0.25, 0.3) is 5.91 Å². The van der Waals surface area contributed by atoms with Crippen LogP contribution in [-0.2, 0) is 15.7 Å². The van der Waals surface area contributed by atoms with E-state index in [0.717, 1.165) is 31.4 Å². The molecule has 1 saturated heterocycles. The number of esters is 1. The maximum atomic E-state index is 13.3. The lowest BCUT2D eigenvalue weighted by molar-refractivity contribution is -0.150. The minimum Gasteiger partial charge on any atom is -0.465 e. The van der Waals surface area contributed by atoms with Gasteiger partial charge in [-0.3, -0.25) is 9.59 Å². The van der Waals surface area contributed by atoms with E-state index in [2.05, 4.69) is 6.92 Å². The SMILES string of the molecule is CCCCCCCCCCOC(=O)C1CCN(C(=O)c2ccc(F)cc2C(F)(F)F)CC1. The van der Waals surface area contributed by atoms with Gasteiger partial charge in [0.05, 0.1) is 23.7 Å². The van der Waals surface area contributed by atoms with Crippen molar-refractivity contribution in [1.29, 1.82) is 0 Å². The van der Waals surface area contributed by atoms with Crippen LogP contribution in [0.2, 0.25) is 0 Å². The molecular formula is C24H33F4NO3. The first-order chi connectivity index (χ1) is 15.2. The zero-order valence-corrected chi connectivity index (χ0v) is 18.7. The lowest BCUT2D eigenvalue weighted by Gasteiger charge is -2.31. The summed E-state index contributed by atoms with van der Waals surface area (Å²) in [6, 6.07) is 2.05. The summed E-state index contributed by atoms with van der Waals surface area (Å²) >= 11 is 0. The van der Waals surface area contributed by atoms with Gasteiger partial charge in [-0.25, -0.2) is 4.39 Å². The quantitative estimate of drug-likeness (QED) is 0.219. The number of hydrogen-bond acceptors (Lipinski definition) is 3. The third kappa shape index (κ3) is 8.10. The first kappa shape index (κ1) is 26.1. The number of nitrogens with zero attached hydrogens (tertiary/aromatic N) is 1. The van der Waals surface area contributed by atoms with Gasteiger partial charge in [-0.15, -0.1) is 0 Å². The number of rotatable bonds is 11. The molecule has 1 aliphatic heterocycles. The molecule has 1 heterocycles. The Kier molecular flexibility index (Phi) is 10.5. The van der Waals surface area contributed by atoms with Crippen molar-refractivity contribution in [2.24, 2.45) is 5.92 Å². The Morgan fingerprint density at radius 3 is 2.19 bits per heavy atom. The van der Waals surface area contributed by atoms with Crippen molar-refractivity contribution in [3.05, 3.63) is 35.1 Å². The van der Waals surface area contributed by atoms with Gasteiger partial charge in [-0.2, -0.15) is 13.2 Å². The summed E-state index contributed by atoms with van der Waals surface area (Å²) in [6.07, 6.45) is 5.03. The Labute approximate surface area is 187 Å². The van der Waals surface area contributed by atoms with Crippen molar-refractivity contribution in [3.8, 4) is 0 Å². The predicted octanol–water partition coefficient (Wildman–Crippen LogP) is 6.38. The molecule has 0 unspecified atom stereocenters. The van der Waals surface area contributed by atoms with E-state index in [1.54, 1.807) is 0 Å². The monoisotopic (exact) mass is 459 g/mol. The molecule has 0 saturated carbocycles. The van der Waals surface area contributed by atoms with Crippen molar-refractivity contribution < 1.29 is 31.9 Å². The van der Waals surface area contributed by atoms with E-state index in [9.17, 15) is 27.2 Å². The molecule has 0 aromatic heterocycles. The van der Waals surface area contributed by atoms with E-state index in [4.69, 9.17) is 4.74 Å². The number of carbonyl (C=O) groups is 2. The molecule has 0 N–H and O–H groups in total.